The number of nitrogen functional groups attached to an aromatic ring is 1. The largest absolute Gasteiger partial charge is 0.381 e. The van der Waals surface area contributed by atoms with Crippen molar-refractivity contribution in [2.24, 2.45) is 0 Å². The van der Waals surface area contributed by atoms with Crippen LogP contribution in [0, 0.1) is 12.7 Å². The molecule has 0 saturated carbocycles. The second-order valence-electron chi connectivity index (χ2n) is 7.51. The number of carbonyl (C=O) groups is 1. The van der Waals surface area contributed by atoms with Crippen molar-refractivity contribution in [3.63, 3.8) is 0 Å². The van der Waals surface area contributed by atoms with Crippen molar-refractivity contribution in [1.29, 1.82) is 0 Å². The molecule has 1 amide bonds. The summed E-state index contributed by atoms with van der Waals surface area (Å²) in [4.78, 5) is 27.2. The maximum atomic E-state index is 13.8. The number of anilines is 2. The number of sulfone groups is 1. The van der Waals surface area contributed by atoms with Crippen LogP contribution in [0.25, 0.3) is 10.9 Å². The molecule has 0 aliphatic rings. The summed E-state index contributed by atoms with van der Waals surface area (Å²) in [7, 11) is -3.73. The number of hydrogen-bond acceptors (Lipinski definition) is 7. The highest BCUT2D eigenvalue weighted by atomic mass is 32.2. The molecular weight excluding hydrogens is 445 g/mol. The Kier molecular flexibility index (Phi) is 5.77. The molecule has 0 atom stereocenters. The van der Waals surface area contributed by atoms with Gasteiger partial charge in [0.1, 0.15) is 0 Å². The molecule has 3 heterocycles. The van der Waals surface area contributed by atoms with E-state index in [0.717, 1.165) is 6.26 Å². The van der Waals surface area contributed by atoms with Gasteiger partial charge in [0.25, 0.3) is 5.91 Å². The Hall–Kier alpha value is -3.92. The summed E-state index contributed by atoms with van der Waals surface area (Å²) in [5, 5.41) is 0.328. The lowest BCUT2D eigenvalue weighted by Gasteiger charge is -2.25. The molecule has 0 aliphatic carbocycles. The highest BCUT2D eigenvalue weighted by Crippen LogP contribution is 2.28. The van der Waals surface area contributed by atoms with E-state index >= 15 is 0 Å². The van der Waals surface area contributed by atoms with Gasteiger partial charge in [-0.05, 0) is 48.9 Å². The third-order valence-corrected chi connectivity index (χ3v) is 6.10. The van der Waals surface area contributed by atoms with Gasteiger partial charge in [-0.25, -0.2) is 22.8 Å². The Labute approximate surface area is 189 Å². The molecule has 10 heteroatoms. The van der Waals surface area contributed by atoms with Crippen molar-refractivity contribution in [2.45, 2.75) is 18.5 Å². The molecule has 0 saturated heterocycles. The van der Waals surface area contributed by atoms with Gasteiger partial charge in [-0.1, -0.05) is 12.1 Å². The van der Waals surface area contributed by atoms with Crippen LogP contribution in [0.5, 0.6) is 0 Å². The first-order chi connectivity index (χ1) is 15.6. The fraction of sp³-hybridized carbons (Fsp3) is 0.130. The Morgan fingerprint density at radius 3 is 2.55 bits per heavy atom. The molecule has 3 aromatic heterocycles. The van der Waals surface area contributed by atoms with Gasteiger partial charge in [0.05, 0.1) is 23.3 Å². The number of rotatable bonds is 5. The van der Waals surface area contributed by atoms with Crippen molar-refractivity contribution in [2.75, 3.05) is 16.9 Å². The second-order valence-corrected chi connectivity index (χ2v) is 9.44. The predicted octanol–water partition coefficient (Wildman–Crippen LogP) is 3.31. The maximum absolute atomic E-state index is 13.8. The normalized spacial score (nSPS) is 11.5. The van der Waals surface area contributed by atoms with Gasteiger partial charge in [0.15, 0.2) is 26.5 Å². The van der Waals surface area contributed by atoms with E-state index in [1.807, 2.05) is 0 Å². The van der Waals surface area contributed by atoms with E-state index in [9.17, 15) is 17.6 Å². The van der Waals surface area contributed by atoms with E-state index in [-0.39, 0.29) is 23.1 Å². The first kappa shape index (κ1) is 22.3. The zero-order valence-electron chi connectivity index (χ0n) is 17.9. The highest BCUT2D eigenvalue weighted by molar-refractivity contribution is 7.90. The summed E-state index contributed by atoms with van der Waals surface area (Å²) >= 11 is 0. The quantitative estimate of drug-likeness (QED) is 0.480. The average molecular weight is 466 g/mol. The summed E-state index contributed by atoms with van der Waals surface area (Å²) in [6.45, 7) is 1.71. The lowest BCUT2D eigenvalue weighted by molar-refractivity contribution is 0.0983. The molecule has 4 aromatic rings. The van der Waals surface area contributed by atoms with Crippen LogP contribution < -0.4 is 10.6 Å². The summed E-state index contributed by atoms with van der Waals surface area (Å²) in [6, 6.07) is 12.7. The molecule has 1 aromatic carbocycles. The Bertz CT molecular complexity index is 1490. The number of nitrogens with zero attached hydrogens (tertiary/aromatic N) is 4. The molecule has 0 radical (unpaired) electrons. The molecule has 168 valence electrons. The molecule has 33 heavy (non-hydrogen) atoms. The summed E-state index contributed by atoms with van der Waals surface area (Å²) < 4.78 is 38.6. The molecule has 8 nitrogen and oxygen atoms in total. The first-order valence-corrected chi connectivity index (χ1v) is 11.8. The van der Waals surface area contributed by atoms with E-state index in [0.29, 0.717) is 27.7 Å². The molecule has 2 N–H and O–H groups in total. The van der Waals surface area contributed by atoms with Crippen LogP contribution in [0.3, 0.4) is 0 Å². The zero-order chi connectivity index (χ0) is 23.8. The monoisotopic (exact) mass is 465 g/mol. The summed E-state index contributed by atoms with van der Waals surface area (Å²) in [6.07, 6.45) is 3.96. The van der Waals surface area contributed by atoms with Gasteiger partial charge < -0.3 is 10.6 Å². The zero-order valence-corrected chi connectivity index (χ0v) is 18.7. The van der Waals surface area contributed by atoms with Crippen LogP contribution in [0.4, 0.5) is 15.9 Å². The number of aryl methyl sites for hydroxylation is 1. The smallest absolute Gasteiger partial charge is 0.260 e. The summed E-state index contributed by atoms with van der Waals surface area (Å²) in [5.74, 6) is -1.29. The van der Waals surface area contributed by atoms with Gasteiger partial charge in [0.2, 0.25) is 0 Å². The lowest BCUT2D eigenvalue weighted by atomic mass is 10.1. The third-order valence-electron chi connectivity index (χ3n) is 5.08. The number of amides is 1. The second kappa shape index (κ2) is 8.55. The first-order valence-electron chi connectivity index (χ1n) is 9.88. The fourth-order valence-electron chi connectivity index (χ4n) is 3.48. The topological polar surface area (TPSA) is 119 Å². The van der Waals surface area contributed by atoms with Crippen molar-refractivity contribution in [1.82, 2.24) is 15.0 Å². The van der Waals surface area contributed by atoms with E-state index in [1.54, 1.807) is 49.5 Å². The SMILES string of the molecule is Cc1ncccc1C(=O)N(Cc1ccc2cc(F)c(N)nc2c1)c1cccnc1S(C)(=O)=O. The number of halogens is 1. The molecule has 0 aliphatic heterocycles. The number of benzene rings is 1. The van der Waals surface area contributed by atoms with Crippen LogP contribution in [0.2, 0.25) is 0 Å². The Morgan fingerprint density at radius 1 is 1.09 bits per heavy atom. The number of aromatic nitrogens is 3. The van der Waals surface area contributed by atoms with Crippen molar-refractivity contribution in [3.05, 3.63) is 83.6 Å². The molecular formula is C23H20FN5O3S. The standard InChI is InChI=1S/C23H20FN5O3S/c1-14-17(5-3-9-26-14)23(30)29(20-6-4-10-27-22(20)33(2,31)32)13-15-7-8-16-12-18(24)21(25)28-19(16)11-15/h3-12H,13H2,1-2H3,(H2,25,28). The molecule has 0 bridgehead atoms. The van der Waals surface area contributed by atoms with Crippen LogP contribution >= 0.6 is 0 Å². The van der Waals surface area contributed by atoms with Gasteiger partial charge in [-0.15, -0.1) is 0 Å². The third kappa shape index (κ3) is 4.51. The summed E-state index contributed by atoms with van der Waals surface area (Å²) in [5.41, 5.74) is 7.66. The Morgan fingerprint density at radius 2 is 1.82 bits per heavy atom. The van der Waals surface area contributed by atoms with Crippen LogP contribution in [-0.4, -0.2) is 35.5 Å². The van der Waals surface area contributed by atoms with E-state index < -0.39 is 21.6 Å². The molecule has 0 spiro atoms. The minimum atomic E-state index is -3.73. The molecule has 4 rings (SSSR count). The van der Waals surface area contributed by atoms with Gasteiger partial charge in [-0.2, -0.15) is 0 Å². The van der Waals surface area contributed by atoms with Gasteiger partial charge >= 0.3 is 0 Å². The minimum Gasteiger partial charge on any atom is -0.381 e. The minimum absolute atomic E-state index is 0.0102. The van der Waals surface area contributed by atoms with E-state index in [1.165, 1.54) is 23.2 Å². The van der Waals surface area contributed by atoms with Crippen molar-refractivity contribution >= 4 is 38.2 Å². The fourth-order valence-corrected chi connectivity index (χ4v) is 4.29. The maximum Gasteiger partial charge on any atom is 0.260 e. The van der Waals surface area contributed by atoms with Gasteiger partial charge in [-0.3, -0.25) is 9.78 Å². The number of pyridine rings is 3. The number of nitrogens with two attached hydrogens (primary N) is 1. The predicted molar refractivity (Wildman–Crippen MR) is 123 cm³/mol. The van der Waals surface area contributed by atoms with Crippen molar-refractivity contribution < 1.29 is 17.6 Å². The lowest BCUT2D eigenvalue weighted by Crippen LogP contribution is -2.32. The molecule has 0 fully saturated rings. The molecule has 0 unspecified atom stereocenters. The number of fused-ring (bicyclic) bond motifs is 1. The average Bonchev–Trinajstić information content (AvgIpc) is 2.78. The number of carbonyl (C=O) groups excluding carboxylic acids is 1. The van der Waals surface area contributed by atoms with Crippen molar-refractivity contribution in [3.8, 4) is 0 Å². The van der Waals surface area contributed by atoms with Gasteiger partial charge in [0, 0.05) is 29.7 Å². The van der Waals surface area contributed by atoms with E-state index in [4.69, 9.17) is 5.73 Å². The van der Waals surface area contributed by atoms with Crippen LogP contribution in [0.1, 0.15) is 21.6 Å². The Balaban J connectivity index is 1.85. The number of hydrogen-bond donors (Lipinski definition) is 1. The van der Waals surface area contributed by atoms with E-state index in [2.05, 4.69) is 15.0 Å². The van der Waals surface area contributed by atoms with Crippen LogP contribution in [-0.2, 0) is 16.4 Å². The highest BCUT2D eigenvalue weighted by Gasteiger charge is 2.26. The van der Waals surface area contributed by atoms with Crippen LogP contribution in [0.15, 0.2) is 66.0 Å².